The van der Waals surface area contributed by atoms with E-state index in [2.05, 4.69) is 26.8 Å². The molecule has 1 N–H and O–H groups in total. The number of aliphatic hydroxyl groups is 1. The highest BCUT2D eigenvalue weighted by molar-refractivity contribution is 5.12. The van der Waals surface area contributed by atoms with Gasteiger partial charge in [-0.25, -0.2) is 0 Å². The predicted molar refractivity (Wildman–Crippen MR) is 61.2 cm³/mol. The van der Waals surface area contributed by atoms with Crippen molar-refractivity contribution in [3.63, 3.8) is 0 Å². The Bertz CT molecular complexity index is 187. The van der Waals surface area contributed by atoms with Crippen LogP contribution in [0.15, 0.2) is 11.6 Å². The maximum absolute atomic E-state index is 10.1. The molecule has 1 saturated carbocycles. The monoisotopic (exact) mass is 196 g/mol. The summed E-state index contributed by atoms with van der Waals surface area (Å²) < 4.78 is 0. The molecule has 1 aliphatic carbocycles. The first-order chi connectivity index (χ1) is 6.66. The lowest BCUT2D eigenvalue weighted by Crippen LogP contribution is -2.24. The van der Waals surface area contributed by atoms with Crippen LogP contribution < -0.4 is 0 Å². The van der Waals surface area contributed by atoms with Crippen molar-refractivity contribution in [3.05, 3.63) is 11.6 Å². The largest absolute Gasteiger partial charge is 0.388 e. The molecule has 0 heterocycles. The lowest BCUT2D eigenvalue weighted by atomic mass is 9.79. The molecule has 82 valence electrons. The minimum atomic E-state index is -0.219. The van der Waals surface area contributed by atoms with E-state index in [1.54, 1.807) is 0 Å². The van der Waals surface area contributed by atoms with Crippen molar-refractivity contribution >= 4 is 0 Å². The predicted octanol–water partition coefficient (Wildman–Crippen LogP) is 3.53. The van der Waals surface area contributed by atoms with Crippen LogP contribution in [-0.4, -0.2) is 11.2 Å². The summed E-state index contributed by atoms with van der Waals surface area (Å²) in [6.45, 7) is 6.25. The van der Waals surface area contributed by atoms with Gasteiger partial charge >= 0.3 is 0 Å². The Morgan fingerprint density at radius 2 is 1.79 bits per heavy atom. The summed E-state index contributed by atoms with van der Waals surface area (Å²) in [5.74, 6) is 1.01. The summed E-state index contributed by atoms with van der Waals surface area (Å²) in [6, 6.07) is 0. The van der Waals surface area contributed by atoms with E-state index in [0.717, 1.165) is 0 Å². The highest BCUT2D eigenvalue weighted by Crippen LogP contribution is 2.32. The van der Waals surface area contributed by atoms with Crippen LogP contribution >= 0.6 is 0 Å². The SMILES string of the molecule is C/C=C(\C1CCCCC1)C(O)C(C)C. The first-order valence-corrected chi connectivity index (χ1v) is 6.01. The number of hydrogen-bond acceptors (Lipinski definition) is 1. The summed E-state index contributed by atoms with van der Waals surface area (Å²) in [7, 11) is 0. The summed E-state index contributed by atoms with van der Waals surface area (Å²) in [4.78, 5) is 0. The maximum Gasteiger partial charge on any atom is 0.0775 e. The van der Waals surface area contributed by atoms with Crippen LogP contribution in [0.3, 0.4) is 0 Å². The van der Waals surface area contributed by atoms with E-state index in [-0.39, 0.29) is 6.10 Å². The lowest BCUT2D eigenvalue weighted by molar-refractivity contribution is 0.142. The zero-order valence-corrected chi connectivity index (χ0v) is 9.79. The molecule has 0 amide bonds. The average Bonchev–Trinajstić information content (AvgIpc) is 2.20. The fourth-order valence-electron chi connectivity index (χ4n) is 2.47. The minimum absolute atomic E-state index is 0.219. The summed E-state index contributed by atoms with van der Waals surface area (Å²) in [5, 5.41) is 10.1. The van der Waals surface area contributed by atoms with Crippen LogP contribution in [0, 0.1) is 11.8 Å². The molecule has 1 atom stereocenters. The number of aliphatic hydroxyl groups excluding tert-OH is 1. The van der Waals surface area contributed by atoms with Gasteiger partial charge < -0.3 is 5.11 Å². The van der Waals surface area contributed by atoms with Crippen LogP contribution in [-0.2, 0) is 0 Å². The zero-order valence-electron chi connectivity index (χ0n) is 9.79. The highest BCUT2D eigenvalue weighted by Gasteiger charge is 2.24. The zero-order chi connectivity index (χ0) is 10.6. The van der Waals surface area contributed by atoms with Gasteiger partial charge in [0.1, 0.15) is 0 Å². The van der Waals surface area contributed by atoms with Gasteiger partial charge in [0.05, 0.1) is 6.10 Å². The molecule has 14 heavy (non-hydrogen) atoms. The number of rotatable bonds is 3. The topological polar surface area (TPSA) is 20.2 Å². The standard InChI is InChI=1S/C13H24O/c1-4-12(13(14)10(2)3)11-8-6-5-7-9-11/h4,10-11,13-14H,5-9H2,1-3H3/b12-4+. The second-order valence-corrected chi connectivity index (χ2v) is 4.81. The van der Waals surface area contributed by atoms with E-state index in [1.165, 1.54) is 37.7 Å². The molecule has 1 heteroatoms. The van der Waals surface area contributed by atoms with Crippen molar-refractivity contribution in [2.75, 3.05) is 0 Å². The van der Waals surface area contributed by atoms with Crippen molar-refractivity contribution in [1.82, 2.24) is 0 Å². The number of hydrogen-bond donors (Lipinski definition) is 1. The van der Waals surface area contributed by atoms with Crippen LogP contribution in [0.2, 0.25) is 0 Å². The van der Waals surface area contributed by atoms with Gasteiger partial charge in [-0.3, -0.25) is 0 Å². The Balaban J connectivity index is 2.61. The van der Waals surface area contributed by atoms with E-state index in [4.69, 9.17) is 0 Å². The first kappa shape index (κ1) is 11.8. The Labute approximate surface area is 88.2 Å². The fraction of sp³-hybridized carbons (Fsp3) is 0.846. The van der Waals surface area contributed by atoms with Gasteiger partial charge in [-0.1, -0.05) is 39.2 Å². The van der Waals surface area contributed by atoms with E-state index in [0.29, 0.717) is 11.8 Å². The Morgan fingerprint density at radius 1 is 1.21 bits per heavy atom. The van der Waals surface area contributed by atoms with E-state index >= 15 is 0 Å². The van der Waals surface area contributed by atoms with Crippen molar-refractivity contribution < 1.29 is 5.11 Å². The Hall–Kier alpha value is -0.300. The lowest BCUT2D eigenvalue weighted by Gasteiger charge is -2.29. The molecule has 0 aliphatic heterocycles. The average molecular weight is 196 g/mol. The minimum Gasteiger partial charge on any atom is -0.388 e. The van der Waals surface area contributed by atoms with Gasteiger partial charge in [0, 0.05) is 0 Å². The Kier molecular flexibility index (Phi) is 4.67. The molecule has 1 fully saturated rings. The molecular formula is C13H24O. The highest BCUT2D eigenvalue weighted by atomic mass is 16.3. The van der Waals surface area contributed by atoms with E-state index in [1.807, 2.05) is 0 Å². The second-order valence-electron chi connectivity index (χ2n) is 4.81. The molecule has 1 rings (SSSR count). The van der Waals surface area contributed by atoms with Crippen LogP contribution in [0.25, 0.3) is 0 Å². The molecule has 0 spiro atoms. The van der Waals surface area contributed by atoms with Gasteiger partial charge in [0.25, 0.3) is 0 Å². The van der Waals surface area contributed by atoms with E-state index < -0.39 is 0 Å². The third-order valence-corrected chi connectivity index (χ3v) is 3.38. The third kappa shape index (κ3) is 2.84. The molecular weight excluding hydrogens is 172 g/mol. The molecule has 0 aromatic carbocycles. The Morgan fingerprint density at radius 3 is 2.21 bits per heavy atom. The van der Waals surface area contributed by atoms with Crippen molar-refractivity contribution in [2.45, 2.75) is 59.0 Å². The van der Waals surface area contributed by atoms with Gasteiger partial charge in [-0.2, -0.15) is 0 Å². The van der Waals surface area contributed by atoms with Gasteiger partial charge in [-0.05, 0) is 37.2 Å². The van der Waals surface area contributed by atoms with Gasteiger partial charge in [0.2, 0.25) is 0 Å². The first-order valence-electron chi connectivity index (χ1n) is 6.01. The van der Waals surface area contributed by atoms with Gasteiger partial charge in [0.15, 0.2) is 0 Å². The quantitative estimate of drug-likeness (QED) is 0.685. The van der Waals surface area contributed by atoms with Gasteiger partial charge in [-0.15, -0.1) is 0 Å². The molecule has 0 aromatic heterocycles. The summed E-state index contributed by atoms with van der Waals surface area (Å²) in [5.41, 5.74) is 1.29. The van der Waals surface area contributed by atoms with Crippen LogP contribution in [0.1, 0.15) is 52.9 Å². The fourth-order valence-corrected chi connectivity index (χ4v) is 2.47. The van der Waals surface area contributed by atoms with Crippen molar-refractivity contribution in [3.8, 4) is 0 Å². The third-order valence-electron chi connectivity index (χ3n) is 3.38. The molecule has 0 aromatic rings. The van der Waals surface area contributed by atoms with Crippen molar-refractivity contribution in [1.29, 1.82) is 0 Å². The summed E-state index contributed by atoms with van der Waals surface area (Å²) >= 11 is 0. The normalized spacial score (nSPS) is 22.8. The molecule has 1 unspecified atom stereocenters. The number of allylic oxidation sites excluding steroid dienone is 1. The molecule has 0 saturated heterocycles. The molecule has 1 aliphatic rings. The van der Waals surface area contributed by atoms with Crippen molar-refractivity contribution in [2.24, 2.45) is 11.8 Å². The smallest absolute Gasteiger partial charge is 0.0775 e. The van der Waals surface area contributed by atoms with E-state index in [9.17, 15) is 5.11 Å². The summed E-state index contributed by atoms with van der Waals surface area (Å²) in [6.07, 6.45) is 8.54. The molecule has 0 radical (unpaired) electrons. The maximum atomic E-state index is 10.1. The molecule has 1 nitrogen and oxygen atoms in total. The van der Waals surface area contributed by atoms with Crippen LogP contribution in [0.4, 0.5) is 0 Å². The van der Waals surface area contributed by atoms with Crippen LogP contribution in [0.5, 0.6) is 0 Å². The second kappa shape index (κ2) is 5.55. The molecule has 0 bridgehead atoms.